The molecule has 56 heavy (non-hydrogen) atoms. The van der Waals surface area contributed by atoms with E-state index in [4.69, 9.17) is 18.9 Å². The number of allylic oxidation sites excluding steroid dienone is 2. The fraction of sp³-hybridized carbons (Fsp3) is 0.628. The maximum Gasteiger partial charge on any atom is 0.335 e. The minimum atomic E-state index is -1.78. The third-order valence-electron chi connectivity index (χ3n) is 15.1. The number of ether oxygens (including phenoxy) is 4. The Balaban J connectivity index is 1.10. The first-order valence-corrected chi connectivity index (χ1v) is 20.1. The standard InChI is InChI=1S/C43H52O13/c1-20-31(21(2)46)36(48)33-25(35(20)47)11-23(39(51)52)12-29(33)55-40-37(49)38(50)43(30(16-45)56-40)15-26-27-14-41(7-3-4-8-41)13-24-17-53-19-42(9-10-44,34(24)27)28-6-5-22(18-54-43)32(26)28/h6,11-12,24,26-27,30,34,37-38,40,44-45,47-50H,3-5,7-10,13-19H2,1-2H3,(H,51,52). The Bertz CT molecular complexity index is 2040. The molecule has 0 radical (unpaired) electrons. The second-order valence-corrected chi connectivity index (χ2v) is 17.8. The molecule has 0 bridgehead atoms. The van der Waals surface area contributed by atoms with Crippen molar-refractivity contribution in [2.24, 2.45) is 34.5 Å². The van der Waals surface area contributed by atoms with Crippen LogP contribution in [-0.2, 0) is 14.2 Å². The number of rotatable bonds is 7. The fourth-order valence-electron chi connectivity index (χ4n) is 13.0. The first kappa shape index (κ1) is 38.0. The van der Waals surface area contributed by atoms with E-state index >= 15 is 0 Å². The van der Waals surface area contributed by atoms with Gasteiger partial charge in [0.05, 0.1) is 36.3 Å². The number of carbonyl (C=O) groups is 2. The number of Topliss-reactive ketones (excluding diaryl/α,β-unsaturated/α-hetero) is 1. The van der Waals surface area contributed by atoms with Gasteiger partial charge in [-0.25, -0.2) is 4.79 Å². The van der Waals surface area contributed by atoms with Crippen molar-refractivity contribution in [1.82, 2.24) is 0 Å². The van der Waals surface area contributed by atoms with Crippen molar-refractivity contribution in [2.45, 2.75) is 102 Å². The molecule has 0 amide bonds. The van der Waals surface area contributed by atoms with E-state index in [0.29, 0.717) is 32.0 Å². The number of carboxylic acids is 1. The molecule has 302 valence electrons. The largest absolute Gasteiger partial charge is 0.507 e. The Morgan fingerprint density at radius 3 is 2.50 bits per heavy atom. The first-order chi connectivity index (χ1) is 26.8. The van der Waals surface area contributed by atoms with Crippen molar-refractivity contribution in [3.05, 3.63) is 51.6 Å². The van der Waals surface area contributed by atoms with Crippen LogP contribution in [-0.4, -0.2) is 111 Å². The molecule has 10 atom stereocenters. The quantitative estimate of drug-likeness (QED) is 0.155. The molecule has 2 saturated heterocycles. The molecule has 7 N–H and O–H groups in total. The van der Waals surface area contributed by atoms with Gasteiger partial charge in [-0.15, -0.1) is 0 Å². The van der Waals surface area contributed by atoms with Crippen LogP contribution in [0.2, 0.25) is 0 Å². The number of fused-ring (bicyclic) bond motifs is 3. The third-order valence-corrected chi connectivity index (χ3v) is 15.1. The van der Waals surface area contributed by atoms with Gasteiger partial charge in [0.15, 0.2) is 5.78 Å². The van der Waals surface area contributed by atoms with Crippen LogP contribution >= 0.6 is 0 Å². The molecule has 2 spiro atoms. The Kier molecular flexibility index (Phi) is 9.16. The number of ketones is 1. The highest BCUT2D eigenvalue weighted by Gasteiger charge is 2.67. The van der Waals surface area contributed by atoms with Gasteiger partial charge in [-0.1, -0.05) is 18.9 Å². The summed E-state index contributed by atoms with van der Waals surface area (Å²) in [5.74, 6) is -2.59. The highest BCUT2D eigenvalue weighted by Crippen LogP contribution is 2.70. The second kappa shape index (κ2) is 13.5. The van der Waals surface area contributed by atoms with E-state index in [1.165, 1.54) is 37.8 Å². The lowest BCUT2D eigenvalue weighted by atomic mass is 9.43. The van der Waals surface area contributed by atoms with Gasteiger partial charge in [0.1, 0.15) is 41.2 Å². The number of aromatic hydroxyl groups is 2. The van der Waals surface area contributed by atoms with Gasteiger partial charge in [-0.3, -0.25) is 4.79 Å². The molecule has 10 unspecified atom stereocenters. The van der Waals surface area contributed by atoms with E-state index in [9.17, 15) is 45.3 Å². The molecule has 4 aliphatic carbocycles. The number of benzene rings is 2. The zero-order chi connectivity index (χ0) is 39.5. The summed E-state index contributed by atoms with van der Waals surface area (Å²) in [6.07, 6.45) is 4.27. The van der Waals surface area contributed by atoms with Gasteiger partial charge < -0.3 is 54.7 Å². The van der Waals surface area contributed by atoms with Crippen LogP contribution in [0.5, 0.6) is 17.2 Å². The highest BCUT2D eigenvalue weighted by atomic mass is 16.7. The Morgan fingerprint density at radius 2 is 1.80 bits per heavy atom. The van der Waals surface area contributed by atoms with Crippen molar-refractivity contribution in [3.8, 4) is 17.2 Å². The molecular formula is C43H52O13. The number of phenols is 2. The summed E-state index contributed by atoms with van der Waals surface area (Å²) in [4.78, 5) is 24.8. The van der Waals surface area contributed by atoms with Gasteiger partial charge in [0.25, 0.3) is 0 Å². The summed E-state index contributed by atoms with van der Waals surface area (Å²) in [5, 5.41) is 78.0. The third kappa shape index (κ3) is 5.31. The summed E-state index contributed by atoms with van der Waals surface area (Å²) < 4.78 is 25.7. The summed E-state index contributed by atoms with van der Waals surface area (Å²) in [7, 11) is 0. The number of phenolic OH excluding ortho intramolecular Hbond substituents is 2. The van der Waals surface area contributed by atoms with Crippen molar-refractivity contribution in [2.75, 3.05) is 33.0 Å². The molecule has 2 aromatic rings. The zero-order valence-corrected chi connectivity index (χ0v) is 31.8. The Labute approximate surface area is 324 Å². The molecule has 3 aliphatic heterocycles. The van der Waals surface area contributed by atoms with Crippen molar-refractivity contribution >= 4 is 22.5 Å². The number of hydrogen-bond donors (Lipinski definition) is 7. The summed E-state index contributed by atoms with van der Waals surface area (Å²) >= 11 is 0. The Hall–Kier alpha value is -3.56. The monoisotopic (exact) mass is 776 g/mol. The molecule has 9 rings (SSSR count). The predicted molar refractivity (Wildman–Crippen MR) is 199 cm³/mol. The molecule has 3 saturated carbocycles. The minimum absolute atomic E-state index is 0.0416. The first-order valence-electron chi connectivity index (χ1n) is 20.1. The van der Waals surface area contributed by atoms with Crippen molar-refractivity contribution in [1.29, 1.82) is 0 Å². The average Bonchev–Trinajstić information content (AvgIpc) is 3.77. The molecule has 7 aliphatic rings. The number of aromatic carboxylic acids is 1. The average molecular weight is 777 g/mol. The van der Waals surface area contributed by atoms with Crippen LogP contribution in [0, 0.1) is 41.4 Å². The van der Waals surface area contributed by atoms with E-state index in [1.807, 2.05) is 0 Å². The van der Waals surface area contributed by atoms with Crippen LogP contribution in [0.25, 0.3) is 10.8 Å². The molecule has 5 fully saturated rings. The van der Waals surface area contributed by atoms with Crippen LogP contribution in [0.4, 0.5) is 0 Å². The van der Waals surface area contributed by atoms with Crippen molar-refractivity contribution in [3.63, 3.8) is 0 Å². The predicted octanol–water partition coefficient (Wildman–Crippen LogP) is 4.30. The van der Waals surface area contributed by atoms with Gasteiger partial charge in [-0.2, -0.15) is 0 Å². The normalized spacial score (nSPS) is 37.0. The lowest BCUT2D eigenvalue weighted by molar-refractivity contribution is -0.326. The smallest absolute Gasteiger partial charge is 0.335 e. The maximum atomic E-state index is 12.6. The van der Waals surface area contributed by atoms with E-state index < -0.39 is 60.1 Å². The van der Waals surface area contributed by atoms with Crippen LogP contribution in [0.3, 0.4) is 0 Å². The molecular weight excluding hydrogens is 724 g/mol. The number of hydrogen-bond acceptors (Lipinski definition) is 12. The molecule has 2 aromatic carbocycles. The van der Waals surface area contributed by atoms with E-state index in [1.54, 1.807) is 0 Å². The van der Waals surface area contributed by atoms with E-state index in [2.05, 4.69) is 6.08 Å². The SMILES string of the molecule is CC(=O)c1c(C)c(O)c2cc(C(=O)O)cc(OC3OC(CO)C4(CC5C6=C(CC=C6C6(CCO)COCC7CC8(CCCC8)CC5C76)CO4)C(O)C3O)c2c1O. The zero-order valence-electron chi connectivity index (χ0n) is 31.8. The number of aliphatic hydroxyl groups excluding tert-OH is 4. The number of carboxylic acid groups (broad SMARTS) is 1. The minimum Gasteiger partial charge on any atom is -0.507 e. The molecule has 0 aromatic heterocycles. The lowest BCUT2D eigenvalue weighted by Gasteiger charge is -2.64. The number of aliphatic hydroxyl groups is 4. The van der Waals surface area contributed by atoms with Gasteiger partial charge >= 0.3 is 5.97 Å². The topological polar surface area (TPSA) is 213 Å². The fourth-order valence-corrected chi connectivity index (χ4v) is 13.0. The van der Waals surface area contributed by atoms with Crippen LogP contribution in [0.1, 0.15) is 91.0 Å². The maximum absolute atomic E-state index is 12.6. The Morgan fingerprint density at radius 1 is 1.04 bits per heavy atom. The molecule has 13 nitrogen and oxygen atoms in total. The van der Waals surface area contributed by atoms with Gasteiger partial charge in [0.2, 0.25) is 6.29 Å². The van der Waals surface area contributed by atoms with Gasteiger partial charge in [0, 0.05) is 29.6 Å². The summed E-state index contributed by atoms with van der Waals surface area (Å²) in [6, 6.07) is 2.23. The van der Waals surface area contributed by atoms with E-state index in [0.717, 1.165) is 43.4 Å². The van der Waals surface area contributed by atoms with Crippen LogP contribution < -0.4 is 4.74 Å². The lowest BCUT2D eigenvalue weighted by Crippen LogP contribution is -2.70. The second-order valence-electron chi connectivity index (χ2n) is 17.8. The highest BCUT2D eigenvalue weighted by molar-refractivity contribution is 6.11. The summed E-state index contributed by atoms with van der Waals surface area (Å²) in [6.45, 7) is 3.42. The van der Waals surface area contributed by atoms with Crippen LogP contribution in [0.15, 0.2) is 34.9 Å². The molecule has 13 heteroatoms. The van der Waals surface area contributed by atoms with Gasteiger partial charge in [-0.05, 0) is 117 Å². The van der Waals surface area contributed by atoms with Crippen molar-refractivity contribution < 1.29 is 64.3 Å². The van der Waals surface area contributed by atoms with E-state index in [-0.39, 0.29) is 81.4 Å². The molecule has 3 heterocycles. The summed E-state index contributed by atoms with van der Waals surface area (Å²) in [5.41, 5.74) is 1.32. The number of carbonyl (C=O) groups excluding carboxylic acids is 1.